The maximum absolute atomic E-state index is 11.4. The molecule has 0 unspecified atom stereocenters. The number of hydrogen-bond donors (Lipinski definition) is 1. The second-order valence-corrected chi connectivity index (χ2v) is 3.23. The number of carbonyl (C=O) groups excluding carboxylic acids is 1. The van der Waals surface area contributed by atoms with Crippen LogP contribution in [-0.4, -0.2) is 30.0 Å². The van der Waals surface area contributed by atoms with Gasteiger partial charge in [-0.15, -0.1) is 0 Å². The first-order valence-corrected chi connectivity index (χ1v) is 4.48. The molecule has 2 rings (SSSR count). The lowest BCUT2D eigenvalue weighted by Crippen LogP contribution is -2.10. The topological polar surface area (TPSA) is 56.2 Å². The van der Waals surface area contributed by atoms with Crippen LogP contribution < -0.4 is 4.74 Å². The Morgan fingerprint density at radius 3 is 2.73 bits per heavy atom. The van der Waals surface area contributed by atoms with E-state index in [0.717, 1.165) is 11.0 Å². The number of H-pyrrole nitrogens is 1. The third-order valence-corrected chi connectivity index (χ3v) is 2.37. The zero-order valence-corrected chi connectivity index (χ0v) is 8.83. The number of rotatable bonds is 2. The van der Waals surface area contributed by atoms with Crippen molar-refractivity contribution < 1.29 is 15.7 Å². The number of benzene rings is 1. The Hall–Kier alpha value is -1.91. The summed E-state index contributed by atoms with van der Waals surface area (Å²) >= 11 is 0. The Kier molecular flexibility index (Phi) is 2.15. The van der Waals surface area contributed by atoms with Crippen molar-refractivity contribution in [3.8, 4) is 5.75 Å². The van der Waals surface area contributed by atoms with Gasteiger partial charge in [-0.25, -0.2) is 4.79 Å². The van der Waals surface area contributed by atoms with Gasteiger partial charge < -0.3 is 9.47 Å². The highest BCUT2D eigenvalue weighted by molar-refractivity contribution is 5.97. The smallest absolute Gasteiger partial charge is 0.341 e. The van der Waals surface area contributed by atoms with Gasteiger partial charge in [-0.05, 0) is 6.07 Å². The minimum Gasteiger partial charge on any atom is -0.496 e. The summed E-state index contributed by atoms with van der Waals surface area (Å²) < 4.78 is 11.6. The second kappa shape index (κ2) is 3.34. The minimum absolute atomic E-state index is 0. The molecule has 0 fully saturated rings. The monoisotopic (exact) mass is 210 g/mol. The summed E-state index contributed by atoms with van der Waals surface area (Å²) in [4.78, 5) is 11.4. The lowest BCUT2D eigenvalue weighted by atomic mass is 10.1. The molecular weight excluding hydrogens is 196 g/mol. The highest BCUT2D eigenvalue weighted by Gasteiger charge is 2.16. The quantitative estimate of drug-likeness (QED) is 0.765. The number of aromatic amines is 1. The Morgan fingerprint density at radius 1 is 1.47 bits per heavy atom. The van der Waals surface area contributed by atoms with E-state index < -0.39 is 5.97 Å². The van der Waals surface area contributed by atoms with Gasteiger partial charge in [0.15, 0.2) is 0 Å². The van der Waals surface area contributed by atoms with Crippen molar-refractivity contribution in [3.05, 3.63) is 17.7 Å². The highest BCUT2D eigenvalue weighted by Crippen LogP contribution is 2.26. The predicted octanol–water partition coefficient (Wildman–Crippen LogP) is 1.55. The van der Waals surface area contributed by atoms with Crippen LogP contribution in [0, 0.1) is 0 Å². The molecule has 0 aliphatic heterocycles. The van der Waals surface area contributed by atoms with Crippen LogP contribution in [0.3, 0.4) is 0 Å². The van der Waals surface area contributed by atoms with Crippen LogP contribution in [0.4, 0.5) is 0 Å². The molecule has 0 radical (unpaired) electrons. The van der Waals surface area contributed by atoms with Crippen molar-refractivity contribution in [2.75, 3.05) is 14.2 Å². The summed E-state index contributed by atoms with van der Waals surface area (Å²) in [6.07, 6.45) is 0. The minimum atomic E-state index is -0.394. The zero-order valence-electron chi connectivity index (χ0n) is 8.83. The first-order valence-electron chi connectivity index (χ1n) is 4.48. The summed E-state index contributed by atoms with van der Waals surface area (Å²) in [6.45, 7) is 0. The van der Waals surface area contributed by atoms with E-state index in [4.69, 9.17) is 4.74 Å². The number of nitrogens with one attached hydrogen (secondary N) is 1. The van der Waals surface area contributed by atoms with Crippen LogP contribution in [0.25, 0.3) is 11.0 Å². The molecule has 1 heterocycles. The van der Waals surface area contributed by atoms with Crippen molar-refractivity contribution >= 4 is 17.0 Å². The first kappa shape index (κ1) is 9.64. The Labute approximate surface area is 88.0 Å². The van der Waals surface area contributed by atoms with Crippen molar-refractivity contribution in [1.82, 2.24) is 9.78 Å². The molecule has 0 saturated carbocycles. The summed E-state index contributed by atoms with van der Waals surface area (Å²) in [5, 5.41) is 3.05. The number of ether oxygens (including phenoxy) is 2. The number of hydrogen-bond acceptors (Lipinski definition) is 3. The highest BCUT2D eigenvalue weighted by atomic mass is 16.5. The third-order valence-electron chi connectivity index (χ3n) is 2.37. The molecule has 5 nitrogen and oxygen atoms in total. The van der Waals surface area contributed by atoms with Crippen molar-refractivity contribution in [1.29, 1.82) is 0 Å². The van der Waals surface area contributed by atoms with Gasteiger partial charge in [0.05, 0.1) is 25.3 Å². The molecular formula is C10H14N2O3. The second-order valence-electron chi connectivity index (χ2n) is 3.23. The Balaban J connectivity index is 0.00000128. The van der Waals surface area contributed by atoms with Crippen LogP contribution in [-0.2, 0) is 11.8 Å². The lowest BCUT2D eigenvalue weighted by Gasteiger charge is -2.15. The molecule has 0 atom stereocenters. The van der Waals surface area contributed by atoms with Crippen LogP contribution in [0.5, 0.6) is 5.75 Å². The number of esters is 1. The molecule has 1 N–H and O–H groups in total. The lowest BCUT2D eigenvalue weighted by molar-refractivity contribution is 0.0597. The largest absolute Gasteiger partial charge is 0.496 e. The van der Waals surface area contributed by atoms with Crippen LogP contribution in [0.2, 0.25) is 0 Å². The molecule has 1 aromatic heterocycles. The van der Waals surface area contributed by atoms with E-state index in [2.05, 4.69) is 9.84 Å². The maximum atomic E-state index is 11.4. The van der Waals surface area contributed by atoms with Gasteiger partial charge >= 0.3 is 5.97 Å². The summed E-state index contributed by atoms with van der Waals surface area (Å²) in [5.74, 6) is 0.121. The van der Waals surface area contributed by atoms with Crippen LogP contribution in [0.15, 0.2) is 12.1 Å². The third kappa shape index (κ3) is 1.36. The van der Waals surface area contributed by atoms with E-state index in [1.807, 2.05) is 11.7 Å². The summed E-state index contributed by atoms with van der Waals surface area (Å²) in [5.41, 5.74) is 2.34. The van der Waals surface area contributed by atoms with Crippen LogP contribution >= 0.6 is 0 Å². The van der Waals surface area contributed by atoms with Gasteiger partial charge in [0, 0.05) is 14.5 Å². The van der Waals surface area contributed by atoms with Crippen molar-refractivity contribution in [3.63, 3.8) is 0 Å². The number of fused-ring (bicyclic) bond motifs is 1. The van der Waals surface area contributed by atoms with Gasteiger partial charge in [-0.1, -0.05) is 0 Å². The molecule has 82 valence electrons. The van der Waals surface area contributed by atoms with E-state index in [1.54, 1.807) is 12.1 Å². The number of methoxy groups -OCH3 is 2. The van der Waals surface area contributed by atoms with Gasteiger partial charge in [0.1, 0.15) is 11.3 Å². The molecule has 0 bridgehead atoms. The fourth-order valence-corrected chi connectivity index (χ4v) is 1.56. The standard InChI is InChI=1S/C10H12N2O3.H2/c1-12-8-4-6(10(13)15-3)9(14-2)5-7(8)11-12;/h4-5,11H,1-3H3;1H. The number of carbonyl (C=O) groups is 1. The summed E-state index contributed by atoms with van der Waals surface area (Å²) in [7, 11) is 4.75. The average Bonchev–Trinajstić information content (AvgIpc) is 2.25. The number of nitrogens with zero attached hydrogens (tertiary/aromatic N) is 1. The van der Waals surface area contributed by atoms with Gasteiger partial charge in [-0.3, -0.25) is 9.78 Å². The van der Waals surface area contributed by atoms with Gasteiger partial charge in [0.2, 0.25) is 0 Å². The molecule has 15 heavy (non-hydrogen) atoms. The van der Waals surface area contributed by atoms with Gasteiger partial charge in [0.25, 0.3) is 0 Å². The van der Waals surface area contributed by atoms with E-state index >= 15 is 0 Å². The van der Waals surface area contributed by atoms with Crippen molar-refractivity contribution in [2.24, 2.45) is 7.05 Å². The van der Waals surface area contributed by atoms with Crippen molar-refractivity contribution in [2.45, 2.75) is 0 Å². The zero-order chi connectivity index (χ0) is 11.0. The van der Waals surface area contributed by atoms with E-state index in [0.29, 0.717) is 11.3 Å². The fourth-order valence-electron chi connectivity index (χ4n) is 1.56. The van der Waals surface area contributed by atoms with E-state index in [1.165, 1.54) is 14.2 Å². The fraction of sp³-hybridized carbons (Fsp3) is 0.300. The first-order chi connectivity index (χ1) is 7.17. The van der Waals surface area contributed by atoms with E-state index in [-0.39, 0.29) is 1.43 Å². The molecule has 0 aliphatic carbocycles. The Bertz CT molecular complexity index is 515. The predicted molar refractivity (Wildman–Crippen MR) is 57.3 cm³/mol. The van der Waals surface area contributed by atoms with Crippen LogP contribution in [0.1, 0.15) is 11.8 Å². The number of aryl methyl sites for hydroxylation is 1. The maximum Gasteiger partial charge on any atom is 0.341 e. The van der Waals surface area contributed by atoms with Gasteiger partial charge in [-0.2, -0.15) is 0 Å². The molecule has 0 aliphatic rings. The normalized spacial score (nSPS) is 10.6. The SMILES string of the molecule is COC(=O)c1cc2c(cc1OC)[nH]n2C.[HH]. The molecule has 0 amide bonds. The Morgan fingerprint density at radius 2 is 2.20 bits per heavy atom. The van der Waals surface area contributed by atoms with E-state index in [9.17, 15) is 4.79 Å². The molecule has 0 saturated heterocycles. The average molecular weight is 210 g/mol. The number of aromatic nitrogens is 2. The molecule has 0 spiro atoms. The molecule has 2 aromatic rings. The summed E-state index contributed by atoms with van der Waals surface area (Å²) in [6, 6.07) is 3.53. The molecule has 5 heteroatoms. The molecule has 1 aromatic carbocycles.